The van der Waals surface area contributed by atoms with Crippen molar-refractivity contribution in [1.82, 2.24) is 4.98 Å². The lowest BCUT2D eigenvalue weighted by atomic mass is 9.84. The number of carbonyl (C=O) groups excluding carboxylic acids is 1. The van der Waals surface area contributed by atoms with Gasteiger partial charge in [-0.1, -0.05) is 30.3 Å². The topological polar surface area (TPSA) is 51.2 Å². The van der Waals surface area contributed by atoms with E-state index in [1.807, 2.05) is 73.8 Å². The highest BCUT2D eigenvalue weighted by Gasteiger charge is 2.30. The third kappa shape index (κ3) is 3.72. The molecule has 128 valence electrons. The molecule has 4 nitrogen and oxygen atoms in total. The minimum Gasteiger partial charge on any atom is -0.497 e. The monoisotopic (exact) mass is 352 g/mol. The highest BCUT2D eigenvalue weighted by atomic mass is 32.1. The molecule has 1 N–H and O–H groups in total. The summed E-state index contributed by atoms with van der Waals surface area (Å²) in [6.07, 6.45) is 0. The molecule has 0 radical (unpaired) electrons. The van der Waals surface area contributed by atoms with E-state index in [-0.39, 0.29) is 5.91 Å². The van der Waals surface area contributed by atoms with Crippen molar-refractivity contribution in [2.45, 2.75) is 19.3 Å². The fraction of sp³-hybridized carbons (Fsp3) is 0.200. The molecule has 1 heterocycles. The molecule has 0 aliphatic heterocycles. The van der Waals surface area contributed by atoms with Crippen LogP contribution in [0.3, 0.4) is 0 Å². The zero-order valence-electron chi connectivity index (χ0n) is 14.4. The summed E-state index contributed by atoms with van der Waals surface area (Å²) in [5.74, 6) is 0.728. The van der Waals surface area contributed by atoms with Crippen LogP contribution in [0.15, 0.2) is 60.0 Å². The third-order valence-corrected chi connectivity index (χ3v) is 4.93. The van der Waals surface area contributed by atoms with Gasteiger partial charge in [0.1, 0.15) is 5.75 Å². The highest BCUT2D eigenvalue weighted by molar-refractivity contribution is 7.14. The molecule has 3 rings (SSSR count). The minimum absolute atomic E-state index is 0.0747. The number of thiazole rings is 1. The molecule has 0 spiro atoms. The zero-order chi connectivity index (χ0) is 17.9. The first kappa shape index (κ1) is 17.2. The Morgan fingerprint density at radius 2 is 1.76 bits per heavy atom. The van der Waals surface area contributed by atoms with Crippen LogP contribution in [-0.2, 0) is 10.2 Å². The van der Waals surface area contributed by atoms with E-state index in [9.17, 15) is 4.79 Å². The number of ether oxygens (including phenoxy) is 1. The summed E-state index contributed by atoms with van der Waals surface area (Å²) in [4.78, 5) is 17.2. The summed E-state index contributed by atoms with van der Waals surface area (Å²) in [5.41, 5.74) is 2.16. The maximum absolute atomic E-state index is 12.7. The van der Waals surface area contributed by atoms with Crippen LogP contribution in [0.4, 0.5) is 5.13 Å². The molecule has 0 aliphatic carbocycles. The van der Waals surface area contributed by atoms with E-state index in [0.29, 0.717) is 5.13 Å². The van der Waals surface area contributed by atoms with Crippen molar-refractivity contribution in [2.24, 2.45) is 0 Å². The minimum atomic E-state index is -0.632. The highest BCUT2D eigenvalue weighted by Crippen LogP contribution is 2.29. The van der Waals surface area contributed by atoms with E-state index in [2.05, 4.69) is 10.3 Å². The van der Waals surface area contributed by atoms with Gasteiger partial charge in [0.25, 0.3) is 0 Å². The van der Waals surface area contributed by atoms with E-state index >= 15 is 0 Å². The van der Waals surface area contributed by atoms with E-state index in [1.54, 1.807) is 7.11 Å². The Morgan fingerprint density at radius 1 is 1.08 bits per heavy atom. The van der Waals surface area contributed by atoms with Crippen LogP contribution in [0.25, 0.3) is 11.3 Å². The Labute approximate surface area is 151 Å². The average molecular weight is 352 g/mol. The van der Waals surface area contributed by atoms with Gasteiger partial charge in [0.2, 0.25) is 5.91 Å². The second-order valence-electron chi connectivity index (χ2n) is 6.21. The van der Waals surface area contributed by atoms with Crippen molar-refractivity contribution in [3.63, 3.8) is 0 Å². The number of methoxy groups -OCH3 is 1. The van der Waals surface area contributed by atoms with Crippen molar-refractivity contribution in [1.29, 1.82) is 0 Å². The van der Waals surface area contributed by atoms with Gasteiger partial charge in [0.05, 0.1) is 18.2 Å². The molecule has 0 unspecified atom stereocenters. The van der Waals surface area contributed by atoms with Crippen LogP contribution >= 0.6 is 11.3 Å². The van der Waals surface area contributed by atoms with Crippen LogP contribution in [0, 0.1) is 0 Å². The predicted octanol–water partition coefficient (Wildman–Crippen LogP) is 4.74. The number of anilines is 1. The van der Waals surface area contributed by atoms with E-state index in [1.165, 1.54) is 11.3 Å². The molecule has 25 heavy (non-hydrogen) atoms. The normalized spacial score (nSPS) is 11.2. The molecule has 1 amide bonds. The zero-order valence-corrected chi connectivity index (χ0v) is 15.3. The Kier molecular flexibility index (Phi) is 4.86. The number of nitrogens with zero attached hydrogens (tertiary/aromatic N) is 1. The van der Waals surface area contributed by atoms with Crippen LogP contribution in [0.5, 0.6) is 5.75 Å². The van der Waals surface area contributed by atoms with Gasteiger partial charge in [0, 0.05) is 10.9 Å². The van der Waals surface area contributed by atoms with Crippen molar-refractivity contribution in [2.75, 3.05) is 12.4 Å². The fourth-order valence-corrected chi connectivity index (χ4v) is 3.18. The summed E-state index contributed by atoms with van der Waals surface area (Å²) >= 11 is 1.42. The Hall–Kier alpha value is -2.66. The number of carbonyl (C=O) groups is 1. The summed E-state index contributed by atoms with van der Waals surface area (Å²) in [6.45, 7) is 3.82. The van der Waals surface area contributed by atoms with Gasteiger partial charge in [0.15, 0.2) is 5.13 Å². The second-order valence-corrected chi connectivity index (χ2v) is 7.07. The maximum Gasteiger partial charge on any atom is 0.236 e. The molecule has 0 saturated heterocycles. The maximum atomic E-state index is 12.7. The van der Waals surface area contributed by atoms with Crippen molar-refractivity contribution < 1.29 is 9.53 Å². The number of aromatic nitrogens is 1. The molecule has 0 atom stereocenters. The van der Waals surface area contributed by atoms with Crippen LogP contribution in [-0.4, -0.2) is 18.0 Å². The molecule has 0 saturated carbocycles. The third-order valence-electron chi connectivity index (χ3n) is 4.17. The molecular weight excluding hydrogens is 332 g/mol. The molecular formula is C20H20N2O2S. The summed E-state index contributed by atoms with van der Waals surface area (Å²) in [7, 11) is 1.64. The SMILES string of the molecule is COc1ccc(-c2csc(NC(=O)C(C)(C)c3ccccc3)n2)cc1. The van der Waals surface area contributed by atoms with Gasteiger partial charge in [-0.15, -0.1) is 11.3 Å². The van der Waals surface area contributed by atoms with Gasteiger partial charge in [-0.3, -0.25) is 4.79 Å². The number of amides is 1. The van der Waals surface area contributed by atoms with Crippen LogP contribution in [0.1, 0.15) is 19.4 Å². The molecule has 0 fully saturated rings. The van der Waals surface area contributed by atoms with Gasteiger partial charge >= 0.3 is 0 Å². The van der Waals surface area contributed by atoms with E-state index in [4.69, 9.17) is 4.74 Å². The lowest BCUT2D eigenvalue weighted by molar-refractivity contribution is -0.120. The van der Waals surface area contributed by atoms with E-state index in [0.717, 1.165) is 22.6 Å². The lowest BCUT2D eigenvalue weighted by Gasteiger charge is -2.23. The summed E-state index contributed by atoms with van der Waals surface area (Å²) in [5, 5.41) is 5.47. The van der Waals surface area contributed by atoms with Crippen molar-refractivity contribution in [3.05, 3.63) is 65.5 Å². The largest absolute Gasteiger partial charge is 0.497 e. The molecule has 1 aromatic heterocycles. The van der Waals surface area contributed by atoms with Gasteiger partial charge in [-0.2, -0.15) is 0 Å². The number of hydrogen-bond acceptors (Lipinski definition) is 4. The average Bonchev–Trinajstić information content (AvgIpc) is 3.11. The molecule has 0 aliphatic rings. The molecule has 5 heteroatoms. The summed E-state index contributed by atoms with van der Waals surface area (Å²) in [6, 6.07) is 17.4. The number of rotatable bonds is 5. The second kappa shape index (κ2) is 7.07. The van der Waals surface area contributed by atoms with Crippen LogP contribution in [0.2, 0.25) is 0 Å². The number of benzene rings is 2. The van der Waals surface area contributed by atoms with Gasteiger partial charge < -0.3 is 10.1 Å². The lowest BCUT2D eigenvalue weighted by Crippen LogP contribution is -2.34. The first-order valence-corrected chi connectivity index (χ1v) is 8.85. The standard InChI is InChI=1S/C20H20N2O2S/c1-20(2,15-7-5-4-6-8-15)18(23)22-19-21-17(13-25-19)14-9-11-16(24-3)12-10-14/h4-13H,1-3H3,(H,21,22,23). The smallest absolute Gasteiger partial charge is 0.236 e. The van der Waals surface area contributed by atoms with Crippen molar-refractivity contribution >= 4 is 22.4 Å². The predicted molar refractivity (Wildman–Crippen MR) is 102 cm³/mol. The molecule has 3 aromatic rings. The fourth-order valence-electron chi connectivity index (χ4n) is 2.46. The number of hydrogen-bond donors (Lipinski definition) is 1. The Bertz CT molecular complexity index is 855. The first-order chi connectivity index (χ1) is 12.0. The summed E-state index contributed by atoms with van der Waals surface area (Å²) < 4.78 is 5.17. The van der Waals surface area contributed by atoms with E-state index < -0.39 is 5.41 Å². The van der Waals surface area contributed by atoms with Crippen molar-refractivity contribution in [3.8, 4) is 17.0 Å². The Morgan fingerprint density at radius 3 is 2.40 bits per heavy atom. The first-order valence-electron chi connectivity index (χ1n) is 7.97. The van der Waals surface area contributed by atoms with Crippen LogP contribution < -0.4 is 10.1 Å². The molecule has 2 aromatic carbocycles. The number of nitrogens with one attached hydrogen (secondary N) is 1. The Balaban J connectivity index is 1.75. The van der Waals surface area contributed by atoms with Gasteiger partial charge in [-0.05, 0) is 43.7 Å². The van der Waals surface area contributed by atoms with Gasteiger partial charge in [-0.25, -0.2) is 4.98 Å². The molecule has 0 bridgehead atoms. The quantitative estimate of drug-likeness (QED) is 0.722.